The van der Waals surface area contributed by atoms with E-state index < -0.39 is 12.8 Å². The van der Waals surface area contributed by atoms with E-state index in [4.69, 9.17) is 4.74 Å². The summed E-state index contributed by atoms with van der Waals surface area (Å²) in [6, 6.07) is 16.0. The number of piperazine rings is 1. The Bertz CT molecular complexity index is 1320. The summed E-state index contributed by atoms with van der Waals surface area (Å²) in [5, 5.41) is 0. The third kappa shape index (κ3) is 7.64. The van der Waals surface area contributed by atoms with Crippen LogP contribution in [0.2, 0.25) is 0 Å². The molecule has 2 heterocycles. The van der Waals surface area contributed by atoms with Gasteiger partial charge in [-0.2, -0.15) is 13.2 Å². The minimum atomic E-state index is -4.39. The lowest BCUT2D eigenvalue weighted by Gasteiger charge is -2.36. The molecule has 0 N–H and O–H groups in total. The van der Waals surface area contributed by atoms with Crippen LogP contribution in [0.4, 0.5) is 18.9 Å². The molecule has 0 radical (unpaired) electrons. The Balaban J connectivity index is 0.00000400. The van der Waals surface area contributed by atoms with Gasteiger partial charge in [0.1, 0.15) is 5.75 Å². The lowest BCUT2D eigenvalue weighted by Crippen LogP contribution is -2.47. The predicted octanol–water partition coefficient (Wildman–Crippen LogP) is 3.94. The number of alkyl halides is 3. The van der Waals surface area contributed by atoms with Crippen molar-refractivity contribution in [2.45, 2.75) is 32.6 Å². The molecule has 1 aliphatic rings. The minimum absolute atomic E-state index is 0. The van der Waals surface area contributed by atoms with E-state index in [2.05, 4.69) is 4.90 Å². The molecule has 0 aliphatic carbocycles. The number of halogens is 4. The highest BCUT2D eigenvalue weighted by molar-refractivity contribution is 5.85. The van der Waals surface area contributed by atoms with Crippen molar-refractivity contribution in [1.29, 1.82) is 0 Å². The maximum absolute atomic E-state index is 13.0. The van der Waals surface area contributed by atoms with Crippen LogP contribution in [0.3, 0.4) is 0 Å². The van der Waals surface area contributed by atoms with Crippen molar-refractivity contribution in [2.24, 2.45) is 0 Å². The van der Waals surface area contributed by atoms with Crippen molar-refractivity contribution >= 4 is 18.1 Å². The van der Waals surface area contributed by atoms with Gasteiger partial charge in [-0.3, -0.25) is 18.8 Å². The average molecular weight is 553 g/mol. The standard InChI is InChI=1S/C27H31F3N4O3.ClH/c1-21-7-2-3-8-22(21)19-33-14-11-25(35)34(26(33)36)13-6-12-31-15-17-32(18-16-31)23-9-4-5-10-24(23)37-20-27(28,29)30;/h2-5,7-11,14H,6,12-13,15-20H2,1H3;1H. The van der Waals surface area contributed by atoms with Gasteiger partial charge in [0.15, 0.2) is 6.61 Å². The summed E-state index contributed by atoms with van der Waals surface area (Å²) < 4.78 is 45.7. The topological polar surface area (TPSA) is 59.7 Å². The van der Waals surface area contributed by atoms with E-state index >= 15 is 0 Å². The van der Waals surface area contributed by atoms with Gasteiger partial charge in [-0.25, -0.2) is 4.79 Å². The van der Waals surface area contributed by atoms with Gasteiger partial charge in [0.05, 0.1) is 12.2 Å². The summed E-state index contributed by atoms with van der Waals surface area (Å²) in [6.07, 6.45) is -2.21. The third-order valence-electron chi connectivity index (χ3n) is 6.57. The Labute approximate surface area is 225 Å². The molecule has 1 aliphatic heterocycles. The maximum atomic E-state index is 13.0. The van der Waals surface area contributed by atoms with Crippen molar-refractivity contribution in [3.63, 3.8) is 0 Å². The largest absolute Gasteiger partial charge is 0.482 e. The number of para-hydroxylation sites is 2. The summed E-state index contributed by atoms with van der Waals surface area (Å²) in [7, 11) is 0. The maximum Gasteiger partial charge on any atom is 0.422 e. The molecule has 206 valence electrons. The van der Waals surface area contributed by atoms with Gasteiger partial charge < -0.3 is 9.64 Å². The van der Waals surface area contributed by atoms with Crippen molar-refractivity contribution in [3.05, 3.63) is 92.8 Å². The lowest BCUT2D eigenvalue weighted by atomic mass is 10.1. The molecule has 0 saturated carbocycles. The second-order valence-corrected chi connectivity index (χ2v) is 9.20. The van der Waals surface area contributed by atoms with E-state index in [1.165, 1.54) is 10.6 Å². The second-order valence-electron chi connectivity index (χ2n) is 9.20. The van der Waals surface area contributed by atoms with Gasteiger partial charge in [-0.1, -0.05) is 36.4 Å². The van der Waals surface area contributed by atoms with E-state index in [0.29, 0.717) is 44.8 Å². The normalized spacial score (nSPS) is 14.3. The van der Waals surface area contributed by atoms with Crippen LogP contribution < -0.4 is 20.9 Å². The summed E-state index contributed by atoms with van der Waals surface area (Å²) in [4.78, 5) is 29.6. The molecule has 1 fully saturated rings. The lowest BCUT2D eigenvalue weighted by molar-refractivity contribution is -0.153. The van der Waals surface area contributed by atoms with Gasteiger partial charge in [0.25, 0.3) is 5.56 Å². The average Bonchev–Trinajstić information content (AvgIpc) is 2.88. The number of aromatic nitrogens is 2. The monoisotopic (exact) mass is 552 g/mol. The van der Waals surface area contributed by atoms with Crippen LogP contribution in [0, 0.1) is 6.92 Å². The van der Waals surface area contributed by atoms with E-state index in [1.807, 2.05) is 36.1 Å². The molecule has 0 spiro atoms. The van der Waals surface area contributed by atoms with E-state index in [1.54, 1.807) is 35.0 Å². The summed E-state index contributed by atoms with van der Waals surface area (Å²) in [5.41, 5.74) is 2.12. The molecule has 0 bridgehead atoms. The summed E-state index contributed by atoms with van der Waals surface area (Å²) >= 11 is 0. The summed E-state index contributed by atoms with van der Waals surface area (Å²) in [5.74, 6) is 0.221. The number of hydrogen-bond acceptors (Lipinski definition) is 5. The van der Waals surface area contributed by atoms with Gasteiger partial charge in [-0.15, -0.1) is 12.4 Å². The van der Waals surface area contributed by atoms with Gasteiger partial charge in [0.2, 0.25) is 0 Å². The molecule has 0 atom stereocenters. The van der Waals surface area contributed by atoms with Crippen molar-refractivity contribution in [3.8, 4) is 5.75 Å². The molecule has 0 amide bonds. The number of rotatable bonds is 9. The molecule has 0 unspecified atom stereocenters. The highest BCUT2D eigenvalue weighted by Gasteiger charge is 2.29. The van der Waals surface area contributed by atoms with Crippen LogP contribution in [0.5, 0.6) is 5.75 Å². The smallest absolute Gasteiger partial charge is 0.422 e. The fraction of sp³-hybridized carbons (Fsp3) is 0.407. The first-order valence-electron chi connectivity index (χ1n) is 12.3. The zero-order chi connectivity index (χ0) is 26.4. The second kappa shape index (κ2) is 13.0. The quantitative estimate of drug-likeness (QED) is 0.402. The van der Waals surface area contributed by atoms with Crippen LogP contribution in [-0.2, 0) is 13.1 Å². The van der Waals surface area contributed by atoms with Crippen LogP contribution >= 0.6 is 12.4 Å². The SMILES string of the molecule is Cc1ccccc1Cn1ccc(=O)n(CCCN2CCN(c3ccccc3OCC(F)(F)F)CC2)c1=O.Cl. The Morgan fingerprint density at radius 1 is 0.895 bits per heavy atom. The Kier molecular flexibility index (Phi) is 10.0. The van der Waals surface area contributed by atoms with Crippen LogP contribution in [0.25, 0.3) is 0 Å². The molecule has 2 aromatic carbocycles. The summed E-state index contributed by atoms with van der Waals surface area (Å²) in [6.45, 7) is 4.81. The molecular formula is C27H32ClF3N4O3. The van der Waals surface area contributed by atoms with Crippen LogP contribution in [-0.4, -0.2) is 59.5 Å². The number of nitrogens with zero attached hydrogens (tertiary/aromatic N) is 4. The zero-order valence-corrected chi connectivity index (χ0v) is 22.0. The first-order chi connectivity index (χ1) is 17.7. The molecule has 4 rings (SSSR count). The van der Waals surface area contributed by atoms with Gasteiger partial charge >= 0.3 is 11.9 Å². The van der Waals surface area contributed by atoms with Crippen molar-refractivity contribution < 1.29 is 17.9 Å². The van der Waals surface area contributed by atoms with Crippen LogP contribution in [0.1, 0.15) is 17.5 Å². The number of benzene rings is 2. The van der Waals surface area contributed by atoms with Gasteiger partial charge in [0, 0.05) is 45.0 Å². The van der Waals surface area contributed by atoms with Gasteiger partial charge in [-0.05, 0) is 43.1 Å². The number of ether oxygens (including phenoxy) is 1. The van der Waals surface area contributed by atoms with Crippen molar-refractivity contribution in [1.82, 2.24) is 14.0 Å². The molecule has 1 aromatic heterocycles. The molecule has 7 nitrogen and oxygen atoms in total. The van der Waals surface area contributed by atoms with E-state index in [-0.39, 0.29) is 29.4 Å². The zero-order valence-electron chi connectivity index (χ0n) is 21.2. The molecule has 11 heteroatoms. The fourth-order valence-corrected chi connectivity index (χ4v) is 4.52. The Morgan fingerprint density at radius 3 is 2.29 bits per heavy atom. The molecular weight excluding hydrogens is 521 g/mol. The number of aryl methyl sites for hydroxylation is 1. The fourth-order valence-electron chi connectivity index (χ4n) is 4.52. The van der Waals surface area contributed by atoms with E-state index in [0.717, 1.165) is 24.2 Å². The van der Waals surface area contributed by atoms with Crippen LogP contribution in [0.15, 0.2) is 70.4 Å². The molecule has 1 saturated heterocycles. The molecule has 38 heavy (non-hydrogen) atoms. The highest BCUT2D eigenvalue weighted by Crippen LogP contribution is 2.30. The Hall–Kier alpha value is -3.24. The minimum Gasteiger partial charge on any atom is -0.482 e. The third-order valence-corrected chi connectivity index (χ3v) is 6.57. The number of hydrogen-bond donors (Lipinski definition) is 0. The van der Waals surface area contributed by atoms with E-state index in [9.17, 15) is 22.8 Å². The predicted molar refractivity (Wildman–Crippen MR) is 144 cm³/mol. The Morgan fingerprint density at radius 2 is 1.58 bits per heavy atom. The highest BCUT2D eigenvalue weighted by atomic mass is 35.5. The van der Waals surface area contributed by atoms with Crippen molar-refractivity contribution in [2.75, 3.05) is 44.2 Å². The first kappa shape index (κ1) is 29.3. The first-order valence-corrected chi connectivity index (χ1v) is 12.3. The molecule has 3 aromatic rings. The number of anilines is 1.